The first-order valence-corrected chi connectivity index (χ1v) is 10.9. The van der Waals surface area contributed by atoms with Crippen LogP contribution in [0.4, 0.5) is 10.1 Å². The van der Waals surface area contributed by atoms with E-state index < -0.39 is 11.3 Å². The average Bonchev–Trinajstić information content (AvgIpc) is 3.55. The largest absolute Gasteiger partial charge is 0.349 e. The zero-order valence-corrected chi connectivity index (χ0v) is 17.0. The first kappa shape index (κ1) is 20.4. The molecule has 0 unspecified atom stereocenters. The lowest BCUT2D eigenvalue weighted by molar-refractivity contribution is -0.126. The van der Waals surface area contributed by atoms with Crippen molar-refractivity contribution in [2.75, 3.05) is 11.1 Å². The number of benzene rings is 2. The van der Waals surface area contributed by atoms with Gasteiger partial charge in [-0.15, -0.1) is 11.8 Å². The van der Waals surface area contributed by atoms with Gasteiger partial charge in [-0.3, -0.25) is 14.4 Å². The zero-order chi connectivity index (χ0) is 21.1. The summed E-state index contributed by atoms with van der Waals surface area (Å²) in [6.45, 7) is 0. The van der Waals surface area contributed by atoms with Crippen molar-refractivity contribution in [2.24, 2.45) is 0 Å². The molecule has 2 aromatic carbocycles. The van der Waals surface area contributed by atoms with Crippen LogP contribution in [-0.4, -0.2) is 40.8 Å². The van der Waals surface area contributed by atoms with Crippen molar-refractivity contribution in [3.05, 3.63) is 65.5 Å². The Morgan fingerprint density at radius 1 is 1.10 bits per heavy atom. The quantitative estimate of drug-likeness (QED) is 0.661. The fourth-order valence-electron chi connectivity index (χ4n) is 3.18. The maximum absolute atomic E-state index is 13.8. The molecule has 8 heteroatoms. The summed E-state index contributed by atoms with van der Waals surface area (Å²) in [6, 6.07) is 12.6. The highest BCUT2D eigenvalue weighted by molar-refractivity contribution is 8.00. The van der Waals surface area contributed by atoms with Crippen molar-refractivity contribution in [1.82, 2.24) is 10.6 Å². The summed E-state index contributed by atoms with van der Waals surface area (Å²) in [5.41, 5.74) is 1.58. The van der Waals surface area contributed by atoms with Gasteiger partial charge in [0.1, 0.15) is 11.9 Å². The minimum Gasteiger partial charge on any atom is -0.349 e. The Bertz CT molecular complexity index is 962. The van der Waals surface area contributed by atoms with Crippen molar-refractivity contribution in [1.29, 1.82) is 0 Å². The summed E-state index contributed by atoms with van der Waals surface area (Å²) in [4.78, 5) is 37.0. The van der Waals surface area contributed by atoms with Gasteiger partial charge in [0.2, 0.25) is 11.8 Å². The number of rotatable bonds is 6. The van der Waals surface area contributed by atoms with Crippen LogP contribution in [0, 0.1) is 5.82 Å². The van der Waals surface area contributed by atoms with Gasteiger partial charge >= 0.3 is 0 Å². The van der Waals surface area contributed by atoms with Crippen molar-refractivity contribution in [3.63, 3.8) is 0 Å². The molecule has 4 rings (SSSR count). The number of carbonyl (C=O) groups is 3. The van der Waals surface area contributed by atoms with E-state index in [2.05, 4.69) is 16.0 Å². The third-order valence-electron chi connectivity index (χ3n) is 5.08. The van der Waals surface area contributed by atoms with E-state index in [0.717, 1.165) is 12.8 Å². The maximum Gasteiger partial charge on any atom is 0.251 e. The van der Waals surface area contributed by atoms with Crippen molar-refractivity contribution in [2.45, 2.75) is 36.6 Å². The van der Waals surface area contributed by atoms with Crippen LogP contribution in [-0.2, 0) is 16.0 Å². The summed E-state index contributed by atoms with van der Waals surface area (Å²) in [7, 11) is 0. The van der Waals surface area contributed by atoms with Crippen molar-refractivity contribution in [3.8, 4) is 0 Å². The van der Waals surface area contributed by atoms with E-state index in [4.69, 9.17) is 0 Å². The molecule has 30 heavy (non-hydrogen) atoms. The highest BCUT2D eigenvalue weighted by Crippen LogP contribution is 2.24. The summed E-state index contributed by atoms with van der Waals surface area (Å²) < 4.78 is 13.8. The summed E-state index contributed by atoms with van der Waals surface area (Å²) >= 11 is 1.35. The Balaban J connectivity index is 1.29. The summed E-state index contributed by atoms with van der Waals surface area (Å²) in [5.74, 6) is -0.650. The van der Waals surface area contributed by atoms with Crippen LogP contribution >= 0.6 is 11.8 Å². The second-order valence-electron chi connectivity index (χ2n) is 7.49. The minimum absolute atomic E-state index is 0.118. The van der Waals surface area contributed by atoms with E-state index in [1.807, 2.05) is 0 Å². The molecule has 0 radical (unpaired) electrons. The number of anilines is 1. The summed E-state index contributed by atoms with van der Waals surface area (Å²) in [5, 5.41) is 7.97. The zero-order valence-electron chi connectivity index (χ0n) is 16.2. The molecule has 0 bridgehead atoms. The highest BCUT2D eigenvalue weighted by Gasteiger charge is 2.33. The summed E-state index contributed by atoms with van der Waals surface area (Å²) in [6.07, 6.45) is 2.32. The van der Waals surface area contributed by atoms with Crippen LogP contribution in [0.25, 0.3) is 0 Å². The van der Waals surface area contributed by atoms with Gasteiger partial charge in [-0.05, 0) is 55.2 Å². The molecule has 1 aliphatic heterocycles. The Morgan fingerprint density at radius 2 is 1.83 bits per heavy atom. The predicted octanol–water partition coefficient (Wildman–Crippen LogP) is 2.50. The molecule has 1 heterocycles. The average molecular weight is 428 g/mol. The minimum atomic E-state index is -0.669. The normalized spacial score (nSPS) is 20.9. The third kappa shape index (κ3) is 4.99. The van der Waals surface area contributed by atoms with Gasteiger partial charge in [0.05, 0.1) is 5.25 Å². The Kier molecular flexibility index (Phi) is 6.03. The van der Waals surface area contributed by atoms with Crippen LogP contribution in [0.1, 0.15) is 28.8 Å². The van der Waals surface area contributed by atoms with Gasteiger partial charge in [-0.2, -0.15) is 0 Å². The first-order chi connectivity index (χ1) is 14.5. The standard InChI is InChI=1S/C22H22FN3O3S/c23-17-4-2-1-3-14(17)11-19-22(29)26-18(12-30-19)21(28)25-15-7-5-13(6-8-15)20(27)24-16-9-10-16/h1-8,16,18-19H,9-12H2,(H,24,27)(H,25,28)(H,26,29)/t18-,19-/m1/s1. The topological polar surface area (TPSA) is 87.3 Å². The molecule has 0 spiro atoms. The Morgan fingerprint density at radius 3 is 2.50 bits per heavy atom. The van der Waals surface area contributed by atoms with Gasteiger partial charge < -0.3 is 16.0 Å². The third-order valence-corrected chi connectivity index (χ3v) is 6.39. The number of hydrogen-bond acceptors (Lipinski definition) is 4. The van der Waals surface area contributed by atoms with Gasteiger partial charge in [-0.25, -0.2) is 4.39 Å². The molecule has 6 nitrogen and oxygen atoms in total. The SMILES string of the molecule is O=C(NC1CC1)c1ccc(NC(=O)[C@H]2CS[C@H](Cc3ccccc3F)C(=O)N2)cc1. The fourth-order valence-corrected chi connectivity index (χ4v) is 4.36. The molecule has 2 fully saturated rings. The van der Waals surface area contributed by atoms with Gasteiger partial charge in [0.15, 0.2) is 0 Å². The van der Waals surface area contributed by atoms with E-state index >= 15 is 0 Å². The highest BCUT2D eigenvalue weighted by atomic mass is 32.2. The molecule has 1 saturated carbocycles. The smallest absolute Gasteiger partial charge is 0.251 e. The van der Waals surface area contributed by atoms with E-state index in [-0.39, 0.29) is 36.0 Å². The van der Waals surface area contributed by atoms with Crippen LogP contribution in [0.5, 0.6) is 0 Å². The number of halogens is 1. The van der Waals surface area contributed by atoms with Crippen molar-refractivity contribution < 1.29 is 18.8 Å². The van der Waals surface area contributed by atoms with E-state index in [1.165, 1.54) is 17.8 Å². The van der Waals surface area contributed by atoms with Crippen molar-refractivity contribution >= 4 is 35.2 Å². The van der Waals surface area contributed by atoms with Crippen LogP contribution in [0.15, 0.2) is 48.5 Å². The van der Waals surface area contributed by atoms with Gasteiger partial charge in [-0.1, -0.05) is 18.2 Å². The van der Waals surface area contributed by atoms with E-state index in [1.54, 1.807) is 42.5 Å². The maximum atomic E-state index is 13.8. The number of amides is 3. The predicted molar refractivity (Wildman–Crippen MR) is 114 cm³/mol. The van der Waals surface area contributed by atoms with Crippen LogP contribution < -0.4 is 16.0 Å². The van der Waals surface area contributed by atoms with Crippen LogP contribution in [0.3, 0.4) is 0 Å². The number of carbonyl (C=O) groups excluding carboxylic acids is 3. The second-order valence-corrected chi connectivity index (χ2v) is 8.73. The van der Waals surface area contributed by atoms with E-state index in [9.17, 15) is 18.8 Å². The first-order valence-electron chi connectivity index (χ1n) is 9.87. The molecule has 2 atom stereocenters. The number of nitrogens with one attached hydrogen (secondary N) is 3. The molecule has 156 valence electrons. The van der Waals surface area contributed by atoms with Gasteiger partial charge in [0, 0.05) is 23.0 Å². The van der Waals surface area contributed by atoms with Crippen LogP contribution in [0.2, 0.25) is 0 Å². The molecule has 2 aliphatic rings. The Labute approximate surface area is 178 Å². The van der Waals surface area contributed by atoms with Gasteiger partial charge in [0.25, 0.3) is 5.91 Å². The molecule has 2 aromatic rings. The molecular formula is C22H22FN3O3S. The second kappa shape index (κ2) is 8.87. The van der Waals surface area contributed by atoms with E-state index in [0.29, 0.717) is 22.6 Å². The lowest BCUT2D eigenvalue weighted by Gasteiger charge is -2.28. The molecule has 3 N–H and O–H groups in total. The monoisotopic (exact) mass is 427 g/mol. The lowest BCUT2D eigenvalue weighted by atomic mass is 10.1. The Hall–Kier alpha value is -2.87. The molecular weight excluding hydrogens is 405 g/mol. The molecule has 1 aliphatic carbocycles. The molecule has 0 aromatic heterocycles. The lowest BCUT2D eigenvalue weighted by Crippen LogP contribution is -2.52. The number of thioether (sulfide) groups is 1. The number of hydrogen-bond donors (Lipinski definition) is 3. The fraction of sp³-hybridized carbons (Fsp3) is 0.318. The molecule has 1 saturated heterocycles. The molecule has 3 amide bonds.